The fourth-order valence-electron chi connectivity index (χ4n) is 1.39. The summed E-state index contributed by atoms with van der Waals surface area (Å²) in [6.45, 7) is 1.67. The molecule has 0 unspecified atom stereocenters. The minimum absolute atomic E-state index is 0.307. The van der Waals surface area contributed by atoms with E-state index < -0.39 is 17.9 Å². The monoisotopic (exact) mass is 301 g/mol. The van der Waals surface area contributed by atoms with Gasteiger partial charge in [0.25, 0.3) is 0 Å². The van der Waals surface area contributed by atoms with Gasteiger partial charge in [0.2, 0.25) is 5.91 Å². The molecule has 1 aromatic rings. The highest BCUT2D eigenvalue weighted by atomic mass is 35.5. The first kappa shape index (κ1) is 15.5. The van der Waals surface area contributed by atoms with Gasteiger partial charge in [-0.05, 0) is 24.6 Å². The second kappa shape index (κ2) is 7.16. The van der Waals surface area contributed by atoms with Gasteiger partial charge in [0.1, 0.15) is 6.04 Å². The molecule has 0 aliphatic rings. The number of carbonyl (C=O) groups excluding carboxylic acids is 1. The lowest BCUT2D eigenvalue weighted by Gasteiger charge is -2.10. The van der Waals surface area contributed by atoms with E-state index in [0.717, 1.165) is 0 Å². The molecule has 0 heterocycles. The minimum Gasteiger partial charge on any atom is -0.480 e. The highest BCUT2D eigenvalue weighted by Gasteiger charge is 2.15. The Morgan fingerprint density at radius 1 is 1.37 bits per heavy atom. The van der Waals surface area contributed by atoms with Gasteiger partial charge in [0.05, 0.1) is 0 Å². The van der Waals surface area contributed by atoms with Gasteiger partial charge < -0.3 is 10.4 Å². The summed E-state index contributed by atoms with van der Waals surface area (Å²) in [6, 6.07) is 4.09. The van der Waals surface area contributed by atoms with Crippen molar-refractivity contribution in [3.63, 3.8) is 0 Å². The summed E-state index contributed by atoms with van der Waals surface area (Å²) >= 11 is 11.9. The number of carbonyl (C=O) groups is 2. The zero-order valence-electron chi connectivity index (χ0n) is 10.2. The van der Waals surface area contributed by atoms with E-state index in [2.05, 4.69) is 5.32 Å². The number of benzene rings is 1. The number of carboxylic acids is 1. The van der Waals surface area contributed by atoms with Crippen molar-refractivity contribution in [2.75, 3.05) is 0 Å². The van der Waals surface area contributed by atoms with E-state index in [4.69, 9.17) is 28.3 Å². The zero-order valence-corrected chi connectivity index (χ0v) is 11.7. The van der Waals surface area contributed by atoms with Gasteiger partial charge in [-0.3, -0.25) is 4.79 Å². The highest BCUT2D eigenvalue weighted by molar-refractivity contribution is 6.37. The molecule has 1 rings (SSSR count). The number of amides is 1. The first-order valence-electron chi connectivity index (χ1n) is 5.61. The van der Waals surface area contributed by atoms with Crippen LogP contribution in [0.25, 0.3) is 6.08 Å². The molecular formula is C13H13Cl2NO3. The molecule has 1 amide bonds. The van der Waals surface area contributed by atoms with Gasteiger partial charge in [-0.2, -0.15) is 0 Å². The molecule has 0 fully saturated rings. The van der Waals surface area contributed by atoms with Crippen molar-refractivity contribution in [1.82, 2.24) is 5.32 Å². The quantitative estimate of drug-likeness (QED) is 0.822. The van der Waals surface area contributed by atoms with Crippen LogP contribution >= 0.6 is 23.2 Å². The summed E-state index contributed by atoms with van der Waals surface area (Å²) < 4.78 is 0. The molecule has 0 saturated carbocycles. The summed E-state index contributed by atoms with van der Waals surface area (Å²) in [4.78, 5) is 22.3. The number of carboxylic acid groups (broad SMARTS) is 1. The van der Waals surface area contributed by atoms with Crippen LogP contribution in [0.5, 0.6) is 0 Å². The summed E-state index contributed by atoms with van der Waals surface area (Å²) in [5.41, 5.74) is 0.518. The van der Waals surface area contributed by atoms with Gasteiger partial charge in [-0.1, -0.05) is 36.2 Å². The van der Waals surface area contributed by atoms with E-state index in [1.165, 1.54) is 12.2 Å². The first-order valence-corrected chi connectivity index (χ1v) is 6.36. The van der Waals surface area contributed by atoms with E-state index in [0.29, 0.717) is 22.0 Å². The Bertz CT molecular complexity index is 494. The molecule has 0 radical (unpaired) electrons. The van der Waals surface area contributed by atoms with Crippen LogP contribution in [0.3, 0.4) is 0 Å². The molecule has 0 saturated heterocycles. The van der Waals surface area contributed by atoms with Crippen LogP contribution in [0.1, 0.15) is 18.9 Å². The summed E-state index contributed by atoms with van der Waals surface area (Å²) in [6.07, 6.45) is 2.97. The Labute approximate surface area is 121 Å². The van der Waals surface area contributed by atoms with Gasteiger partial charge in [0, 0.05) is 21.7 Å². The number of nitrogens with one attached hydrogen (secondary N) is 1. The van der Waals surface area contributed by atoms with Gasteiger partial charge >= 0.3 is 5.97 Å². The average Bonchev–Trinajstić information content (AvgIpc) is 2.35. The molecule has 102 valence electrons. The average molecular weight is 302 g/mol. The van der Waals surface area contributed by atoms with Gasteiger partial charge in [-0.25, -0.2) is 4.79 Å². The Hall–Kier alpha value is -1.52. The molecule has 0 aromatic heterocycles. The summed E-state index contributed by atoms with van der Waals surface area (Å²) in [5, 5.41) is 12.0. The van der Waals surface area contributed by atoms with Crippen LogP contribution in [-0.4, -0.2) is 23.0 Å². The molecule has 0 spiro atoms. The largest absolute Gasteiger partial charge is 0.480 e. The minimum atomic E-state index is -1.07. The number of hydrogen-bond donors (Lipinski definition) is 2. The number of hydrogen-bond acceptors (Lipinski definition) is 2. The number of aliphatic carboxylic acids is 1. The fourth-order valence-corrected chi connectivity index (χ4v) is 1.91. The van der Waals surface area contributed by atoms with Crippen LogP contribution in [0.2, 0.25) is 10.0 Å². The van der Waals surface area contributed by atoms with Crippen LogP contribution in [0, 0.1) is 0 Å². The zero-order chi connectivity index (χ0) is 14.4. The highest BCUT2D eigenvalue weighted by Crippen LogP contribution is 2.25. The van der Waals surface area contributed by atoms with E-state index in [-0.39, 0.29) is 0 Å². The second-order valence-corrected chi connectivity index (χ2v) is 4.59. The second-order valence-electron chi connectivity index (χ2n) is 3.78. The molecule has 0 aliphatic heterocycles. The van der Waals surface area contributed by atoms with Crippen molar-refractivity contribution >= 4 is 41.2 Å². The SMILES string of the molecule is CC[C@H](NC(=O)/C=C/c1c(Cl)cccc1Cl)C(=O)O. The van der Waals surface area contributed by atoms with Crippen LogP contribution in [0.15, 0.2) is 24.3 Å². The summed E-state index contributed by atoms with van der Waals surface area (Å²) in [5.74, 6) is -1.58. The molecule has 2 N–H and O–H groups in total. The van der Waals surface area contributed by atoms with E-state index in [1.807, 2.05) is 0 Å². The maximum atomic E-state index is 11.6. The smallest absolute Gasteiger partial charge is 0.326 e. The summed E-state index contributed by atoms with van der Waals surface area (Å²) in [7, 11) is 0. The Kier molecular flexibility index (Phi) is 5.86. The molecule has 0 bridgehead atoms. The Balaban J connectivity index is 2.76. The third kappa shape index (κ3) is 4.58. The predicted octanol–water partition coefficient (Wildman–Crippen LogP) is 2.99. The molecule has 0 aliphatic carbocycles. The molecule has 19 heavy (non-hydrogen) atoms. The normalized spacial score (nSPS) is 12.4. The fraction of sp³-hybridized carbons (Fsp3) is 0.231. The molecular weight excluding hydrogens is 289 g/mol. The lowest BCUT2D eigenvalue weighted by Crippen LogP contribution is -2.39. The van der Waals surface area contributed by atoms with Crippen molar-refractivity contribution in [3.8, 4) is 0 Å². The molecule has 1 atom stereocenters. The van der Waals surface area contributed by atoms with Crippen molar-refractivity contribution in [2.24, 2.45) is 0 Å². The predicted molar refractivity (Wildman–Crippen MR) is 75.4 cm³/mol. The van der Waals surface area contributed by atoms with Gasteiger partial charge in [0.15, 0.2) is 0 Å². The Morgan fingerprint density at radius 3 is 2.42 bits per heavy atom. The van der Waals surface area contributed by atoms with E-state index in [1.54, 1.807) is 25.1 Å². The Morgan fingerprint density at radius 2 is 1.95 bits per heavy atom. The maximum Gasteiger partial charge on any atom is 0.326 e. The van der Waals surface area contributed by atoms with Crippen LogP contribution in [0.4, 0.5) is 0 Å². The molecule has 4 nitrogen and oxygen atoms in total. The van der Waals surface area contributed by atoms with Crippen molar-refractivity contribution < 1.29 is 14.7 Å². The van der Waals surface area contributed by atoms with Crippen LogP contribution < -0.4 is 5.32 Å². The van der Waals surface area contributed by atoms with E-state index >= 15 is 0 Å². The maximum absolute atomic E-state index is 11.6. The third-order valence-corrected chi connectivity index (χ3v) is 3.08. The lowest BCUT2D eigenvalue weighted by molar-refractivity contribution is -0.141. The van der Waals surface area contributed by atoms with Gasteiger partial charge in [-0.15, -0.1) is 0 Å². The van der Waals surface area contributed by atoms with E-state index in [9.17, 15) is 9.59 Å². The van der Waals surface area contributed by atoms with Crippen molar-refractivity contribution in [2.45, 2.75) is 19.4 Å². The standard InChI is InChI=1S/C13H13Cl2NO3/c1-2-11(13(18)19)16-12(17)7-6-8-9(14)4-3-5-10(8)15/h3-7,11H,2H2,1H3,(H,16,17)(H,18,19)/b7-6+/t11-/m0/s1. The third-order valence-electron chi connectivity index (χ3n) is 2.42. The van der Waals surface area contributed by atoms with Crippen molar-refractivity contribution in [3.05, 3.63) is 39.9 Å². The number of rotatable bonds is 5. The molecule has 1 aromatic carbocycles. The number of halogens is 2. The van der Waals surface area contributed by atoms with Crippen molar-refractivity contribution in [1.29, 1.82) is 0 Å². The molecule has 6 heteroatoms. The topological polar surface area (TPSA) is 66.4 Å². The first-order chi connectivity index (χ1) is 8.95. The van der Waals surface area contributed by atoms with Crippen LogP contribution in [-0.2, 0) is 9.59 Å². The lowest BCUT2D eigenvalue weighted by atomic mass is 10.2.